The summed E-state index contributed by atoms with van der Waals surface area (Å²) in [5, 5.41) is 17.1. The number of nitrogens with zero attached hydrogens (tertiary/aromatic N) is 4. The van der Waals surface area contributed by atoms with Gasteiger partial charge in [-0.2, -0.15) is 13.2 Å². The van der Waals surface area contributed by atoms with Gasteiger partial charge in [0.05, 0.1) is 18.6 Å². The van der Waals surface area contributed by atoms with Crippen LogP contribution in [0.3, 0.4) is 0 Å². The Labute approximate surface area is 126 Å². The molecule has 0 saturated carbocycles. The molecule has 0 aliphatic heterocycles. The normalized spacial score (nSPS) is 11.3. The van der Waals surface area contributed by atoms with E-state index in [9.17, 15) is 28.1 Å². The third-order valence-corrected chi connectivity index (χ3v) is 2.86. The zero-order valence-electron chi connectivity index (χ0n) is 11.6. The maximum absolute atomic E-state index is 13.1. The monoisotopic (exact) mass is 330 g/mol. The molecular weight excluding hydrogens is 321 g/mol. The highest BCUT2D eigenvalue weighted by atomic mass is 19.4. The van der Waals surface area contributed by atoms with Gasteiger partial charge in [0.15, 0.2) is 5.69 Å². The van der Waals surface area contributed by atoms with Crippen molar-refractivity contribution in [2.75, 3.05) is 7.11 Å². The van der Waals surface area contributed by atoms with Gasteiger partial charge in [-0.15, -0.1) is 5.10 Å². The van der Waals surface area contributed by atoms with Crippen LogP contribution in [0.1, 0.15) is 21.7 Å². The summed E-state index contributed by atoms with van der Waals surface area (Å²) in [5.41, 5.74) is -2.16. The van der Waals surface area contributed by atoms with Crippen LogP contribution in [0.5, 0.6) is 0 Å². The van der Waals surface area contributed by atoms with Gasteiger partial charge < -0.3 is 4.74 Å². The number of nitro groups is 1. The molecule has 122 valence electrons. The van der Waals surface area contributed by atoms with Gasteiger partial charge in [-0.1, -0.05) is 17.3 Å². The van der Waals surface area contributed by atoms with Crippen molar-refractivity contribution in [1.82, 2.24) is 15.0 Å². The number of alkyl halides is 3. The number of nitro benzene ring substituents is 1. The Bertz CT molecular complexity index is 740. The molecule has 0 bridgehead atoms. The van der Waals surface area contributed by atoms with Crippen molar-refractivity contribution in [3.63, 3.8) is 0 Å². The van der Waals surface area contributed by atoms with Crippen molar-refractivity contribution in [2.24, 2.45) is 0 Å². The van der Waals surface area contributed by atoms with Gasteiger partial charge in [-0.05, 0) is 5.56 Å². The first-order valence-electron chi connectivity index (χ1n) is 6.06. The summed E-state index contributed by atoms with van der Waals surface area (Å²) >= 11 is 0. The molecule has 0 atom stereocenters. The van der Waals surface area contributed by atoms with E-state index < -0.39 is 28.5 Å². The van der Waals surface area contributed by atoms with Crippen molar-refractivity contribution < 1.29 is 27.6 Å². The fourth-order valence-corrected chi connectivity index (χ4v) is 1.83. The van der Waals surface area contributed by atoms with Gasteiger partial charge in [0.2, 0.25) is 5.69 Å². The van der Waals surface area contributed by atoms with E-state index in [0.717, 1.165) is 19.2 Å². The van der Waals surface area contributed by atoms with E-state index in [0.29, 0.717) is 10.2 Å². The standard InChI is InChI=1S/C12H9F3N4O4/c1-23-11(20)9-10(12(13,14)15)18(17-16-9)6-7-2-4-8(5-3-7)19(21)22/h2-5H,6H2,1H3. The van der Waals surface area contributed by atoms with Crippen LogP contribution in [-0.2, 0) is 17.5 Å². The van der Waals surface area contributed by atoms with Crippen LogP contribution in [0.25, 0.3) is 0 Å². The molecule has 0 N–H and O–H groups in total. The number of hydrogen-bond acceptors (Lipinski definition) is 6. The first kappa shape index (κ1) is 16.4. The van der Waals surface area contributed by atoms with E-state index in [-0.39, 0.29) is 12.2 Å². The van der Waals surface area contributed by atoms with Gasteiger partial charge >= 0.3 is 12.1 Å². The van der Waals surface area contributed by atoms with E-state index in [1.165, 1.54) is 12.1 Å². The Kier molecular flexibility index (Phi) is 4.29. The van der Waals surface area contributed by atoms with Gasteiger partial charge in [0.1, 0.15) is 0 Å². The summed E-state index contributed by atoms with van der Waals surface area (Å²) in [5.74, 6) is -1.26. The lowest BCUT2D eigenvalue weighted by molar-refractivity contribution is -0.384. The van der Waals surface area contributed by atoms with Crippen LogP contribution in [0, 0.1) is 10.1 Å². The number of esters is 1. The lowest BCUT2D eigenvalue weighted by Gasteiger charge is -2.10. The summed E-state index contributed by atoms with van der Waals surface area (Å²) < 4.78 is 44.1. The molecule has 0 spiro atoms. The van der Waals surface area contributed by atoms with E-state index in [2.05, 4.69) is 15.0 Å². The highest BCUT2D eigenvalue weighted by molar-refractivity contribution is 5.88. The second-order valence-corrected chi connectivity index (χ2v) is 4.36. The van der Waals surface area contributed by atoms with Crippen LogP contribution in [0.2, 0.25) is 0 Å². The molecule has 1 heterocycles. The number of benzene rings is 1. The summed E-state index contributed by atoms with van der Waals surface area (Å²) in [6.45, 7) is -0.364. The molecule has 0 unspecified atom stereocenters. The third-order valence-electron chi connectivity index (χ3n) is 2.86. The van der Waals surface area contributed by atoms with Crippen molar-refractivity contribution in [3.8, 4) is 0 Å². The second kappa shape index (κ2) is 6.02. The molecule has 11 heteroatoms. The molecule has 0 saturated heterocycles. The lowest BCUT2D eigenvalue weighted by Crippen LogP contribution is -2.19. The fraction of sp³-hybridized carbons (Fsp3) is 0.250. The lowest BCUT2D eigenvalue weighted by atomic mass is 10.2. The van der Waals surface area contributed by atoms with Crippen LogP contribution in [-0.4, -0.2) is 33.0 Å². The van der Waals surface area contributed by atoms with Gasteiger partial charge in [-0.3, -0.25) is 10.1 Å². The summed E-state index contributed by atoms with van der Waals surface area (Å²) in [6, 6.07) is 4.89. The van der Waals surface area contributed by atoms with E-state index in [4.69, 9.17) is 0 Å². The predicted octanol–water partition coefficient (Wildman–Crippen LogP) is 2.04. The SMILES string of the molecule is COC(=O)c1nnn(Cc2ccc([N+](=O)[O-])cc2)c1C(F)(F)F. The highest BCUT2D eigenvalue weighted by Gasteiger charge is 2.41. The van der Waals surface area contributed by atoms with Gasteiger partial charge in [0, 0.05) is 12.1 Å². The van der Waals surface area contributed by atoms with Crippen LogP contribution in [0.4, 0.5) is 18.9 Å². The maximum atomic E-state index is 13.1. The Morgan fingerprint density at radius 1 is 1.35 bits per heavy atom. The molecule has 23 heavy (non-hydrogen) atoms. The largest absolute Gasteiger partial charge is 0.464 e. The van der Waals surface area contributed by atoms with Crippen LogP contribution in [0.15, 0.2) is 24.3 Å². The zero-order chi connectivity index (χ0) is 17.2. The van der Waals surface area contributed by atoms with Gasteiger partial charge in [-0.25, -0.2) is 9.48 Å². The molecule has 1 aromatic heterocycles. The van der Waals surface area contributed by atoms with Crippen molar-refractivity contribution in [3.05, 3.63) is 51.3 Å². The summed E-state index contributed by atoms with van der Waals surface area (Å²) in [6.07, 6.45) is -4.87. The molecule has 0 fully saturated rings. The van der Waals surface area contributed by atoms with Crippen molar-refractivity contribution in [1.29, 1.82) is 0 Å². The number of carbonyl (C=O) groups excluding carboxylic acids is 1. The number of hydrogen-bond donors (Lipinski definition) is 0. The number of non-ortho nitro benzene ring substituents is 1. The van der Waals surface area contributed by atoms with Crippen LogP contribution < -0.4 is 0 Å². The Morgan fingerprint density at radius 3 is 2.43 bits per heavy atom. The van der Waals surface area contributed by atoms with Crippen molar-refractivity contribution in [2.45, 2.75) is 12.7 Å². The molecular formula is C12H9F3N4O4. The minimum Gasteiger partial charge on any atom is -0.464 e. The molecule has 8 nitrogen and oxygen atoms in total. The molecule has 2 rings (SSSR count). The first-order chi connectivity index (χ1) is 10.7. The fourth-order valence-electron chi connectivity index (χ4n) is 1.83. The molecule has 0 radical (unpaired) electrons. The number of carbonyl (C=O) groups is 1. The third kappa shape index (κ3) is 3.44. The Hall–Kier alpha value is -2.98. The topological polar surface area (TPSA) is 100 Å². The maximum Gasteiger partial charge on any atom is 0.435 e. The number of halogens is 3. The second-order valence-electron chi connectivity index (χ2n) is 4.36. The van der Waals surface area contributed by atoms with E-state index in [1.807, 2.05) is 0 Å². The average molecular weight is 330 g/mol. The zero-order valence-corrected chi connectivity index (χ0v) is 11.6. The number of aromatic nitrogens is 3. The smallest absolute Gasteiger partial charge is 0.435 e. The Morgan fingerprint density at radius 2 is 1.96 bits per heavy atom. The summed E-state index contributed by atoms with van der Waals surface area (Å²) in [4.78, 5) is 21.3. The number of ether oxygens (including phenoxy) is 1. The number of rotatable bonds is 4. The minimum atomic E-state index is -4.87. The minimum absolute atomic E-state index is 0.196. The number of methoxy groups -OCH3 is 1. The average Bonchev–Trinajstić information content (AvgIpc) is 2.90. The van der Waals surface area contributed by atoms with Crippen LogP contribution >= 0.6 is 0 Å². The quantitative estimate of drug-likeness (QED) is 0.483. The van der Waals surface area contributed by atoms with E-state index >= 15 is 0 Å². The van der Waals surface area contributed by atoms with Crippen molar-refractivity contribution >= 4 is 11.7 Å². The van der Waals surface area contributed by atoms with E-state index in [1.54, 1.807) is 0 Å². The molecule has 2 aromatic rings. The molecule has 0 amide bonds. The molecule has 0 aliphatic rings. The van der Waals surface area contributed by atoms with Gasteiger partial charge in [0.25, 0.3) is 5.69 Å². The summed E-state index contributed by atoms with van der Waals surface area (Å²) in [7, 11) is 0.928. The predicted molar refractivity (Wildman–Crippen MR) is 68.6 cm³/mol. The first-order valence-corrected chi connectivity index (χ1v) is 6.06. The highest BCUT2D eigenvalue weighted by Crippen LogP contribution is 2.31. The Balaban J connectivity index is 2.38. The molecule has 0 aliphatic carbocycles. The molecule has 1 aromatic carbocycles.